The average molecular weight is 343 g/mol. The monoisotopic (exact) mass is 343 g/mol. The largest absolute Gasteiger partial charge is 0.497 e. The summed E-state index contributed by atoms with van der Waals surface area (Å²) in [6.07, 6.45) is 0. The van der Waals surface area contributed by atoms with Crippen molar-refractivity contribution in [2.45, 2.75) is 5.92 Å². The van der Waals surface area contributed by atoms with E-state index in [0.717, 1.165) is 5.56 Å². The number of methoxy groups -OCH3 is 1. The number of hydrogen-bond donors (Lipinski definition) is 1. The predicted molar refractivity (Wildman–Crippen MR) is 89.2 cm³/mol. The van der Waals surface area contributed by atoms with Crippen LogP contribution in [0.15, 0.2) is 48.5 Å². The fourth-order valence-corrected chi connectivity index (χ4v) is 3.21. The van der Waals surface area contributed by atoms with Gasteiger partial charge in [0.05, 0.1) is 18.6 Å². The number of carbonyl (C=O) groups excluding carboxylic acids is 1. The van der Waals surface area contributed by atoms with Gasteiger partial charge in [-0.1, -0.05) is 24.3 Å². The summed E-state index contributed by atoms with van der Waals surface area (Å²) in [6.45, 7) is 0.287. The van der Waals surface area contributed by atoms with Crippen molar-refractivity contribution in [3.05, 3.63) is 65.5 Å². The molecular formula is C19H18FNO4. The maximum Gasteiger partial charge on any atom is 0.308 e. The smallest absolute Gasteiger partial charge is 0.308 e. The van der Waals surface area contributed by atoms with Crippen LogP contribution in [0.4, 0.5) is 4.39 Å². The maximum atomic E-state index is 13.9. The molecule has 1 aliphatic heterocycles. The Morgan fingerprint density at radius 2 is 1.80 bits per heavy atom. The minimum Gasteiger partial charge on any atom is -0.497 e. The van der Waals surface area contributed by atoms with E-state index in [-0.39, 0.29) is 24.6 Å². The first-order valence-electron chi connectivity index (χ1n) is 7.92. The van der Waals surface area contributed by atoms with Crippen molar-refractivity contribution in [1.29, 1.82) is 0 Å². The predicted octanol–water partition coefficient (Wildman–Crippen LogP) is 2.77. The molecule has 2 aromatic carbocycles. The van der Waals surface area contributed by atoms with Gasteiger partial charge in [0.15, 0.2) is 0 Å². The van der Waals surface area contributed by atoms with Gasteiger partial charge < -0.3 is 14.7 Å². The number of benzene rings is 2. The van der Waals surface area contributed by atoms with Crippen LogP contribution in [0.2, 0.25) is 0 Å². The zero-order chi connectivity index (χ0) is 18.0. The normalized spacial score (nSPS) is 19.7. The second-order valence-corrected chi connectivity index (χ2v) is 6.01. The topological polar surface area (TPSA) is 66.8 Å². The molecule has 0 aromatic heterocycles. The number of ether oxygens (including phenoxy) is 1. The number of likely N-dealkylation sites (tertiary alicyclic amines) is 1. The molecule has 1 saturated heterocycles. The van der Waals surface area contributed by atoms with Gasteiger partial charge in [0.2, 0.25) is 0 Å². The number of aliphatic carboxylic acids is 1. The Morgan fingerprint density at radius 3 is 2.40 bits per heavy atom. The molecule has 2 atom stereocenters. The van der Waals surface area contributed by atoms with E-state index < -0.39 is 23.6 Å². The molecule has 0 unspecified atom stereocenters. The van der Waals surface area contributed by atoms with Crippen molar-refractivity contribution in [3.63, 3.8) is 0 Å². The number of rotatable bonds is 4. The highest BCUT2D eigenvalue weighted by atomic mass is 19.1. The lowest BCUT2D eigenvalue weighted by molar-refractivity contribution is -0.141. The maximum absolute atomic E-state index is 13.9. The SMILES string of the molecule is COc1ccc([C@@H]2CN(C(=O)c3ccccc3F)C[C@H]2C(=O)O)cc1. The van der Waals surface area contributed by atoms with Crippen molar-refractivity contribution >= 4 is 11.9 Å². The molecule has 1 fully saturated rings. The molecular weight excluding hydrogens is 325 g/mol. The van der Waals surface area contributed by atoms with Crippen LogP contribution in [-0.4, -0.2) is 42.1 Å². The first-order chi connectivity index (χ1) is 12.0. The van der Waals surface area contributed by atoms with Gasteiger partial charge in [-0.15, -0.1) is 0 Å². The van der Waals surface area contributed by atoms with E-state index in [1.807, 2.05) is 0 Å². The van der Waals surface area contributed by atoms with E-state index in [0.29, 0.717) is 5.75 Å². The highest BCUT2D eigenvalue weighted by molar-refractivity contribution is 5.95. The lowest BCUT2D eigenvalue weighted by Gasteiger charge is -2.17. The minimum atomic E-state index is -0.968. The molecule has 130 valence electrons. The van der Waals surface area contributed by atoms with Gasteiger partial charge in [-0.05, 0) is 29.8 Å². The molecule has 25 heavy (non-hydrogen) atoms. The van der Waals surface area contributed by atoms with Crippen LogP contribution in [0, 0.1) is 11.7 Å². The van der Waals surface area contributed by atoms with Crippen LogP contribution in [-0.2, 0) is 4.79 Å². The van der Waals surface area contributed by atoms with Crippen molar-refractivity contribution in [2.24, 2.45) is 5.92 Å². The van der Waals surface area contributed by atoms with Crippen LogP contribution in [0.5, 0.6) is 5.75 Å². The summed E-state index contributed by atoms with van der Waals surface area (Å²) in [5.41, 5.74) is 0.777. The second kappa shape index (κ2) is 6.93. The molecule has 0 bridgehead atoms. The summed E-state index contributed by atoms with van der Waals surface area (Å²) in [6, 6.07) is 12.9. The average Bonchev–Trinajstić information content (AvgIpc) is 3.07. The number of carboxylic acids is 1. The molecule has 0 radical (unpaired) electrons. The van der Waals surface area contributed by atoms with Crippen LogP contribution < -0.4 is 4.74 Å². The molecule has 1 N–H and O–H groups in total. The van der Waals surface area contributed by atoms with E-state index >= 15 is 0 Å². The highest BCUT2D eigenvalue weighted by Crippen LogP contribution is 2.34. The summed E-state index contributed by atoms with van der Waals surface area (Å²) >= 11 is 0. The molecule has 6 heteroatoms. The van der Waals surface area contributed by atoms with Crippen molar-refractivity contribution in [3.8, 4) is 5.75 Å². The first-order valence-corrected chi connectivity index (χ1v) is 7.92. The van der Waals surface area contributed by atoms with Crippen LogP contribution in [0.3, 0.4) is 0 Å². The minimum absolute atomic E-state index is 0.0398. The van der Waals surface area contributed by atoms with Crippen LogP contribution in [0.25, 0.3) is 0 Å². The van der Waals surface area contributed by atoms with E-state index in [2.05, 4.69) is 0 Å². The molecule has 3 rings (SSSR count). The van der Waals surface area contributed by atoms with Gasteiger partial charge in [-0.2, -0.15) is 0 Å². The van der Waals surface area contributed by atoms with Gasteiger partial charge in [-0.3, -0.25) is 9.59 Å². The molecule has 5 nitrogen and oxygen atoms in total. The molecule has 0 aliphatic carbocycles. The zero-order valence-electron chi connectivity index (χ0n) is 13.7. The third-order valence-corrected chi connectivity index (χ3v) is 4.57. The first kappa shape index (κ1) is 17.0. The van der Waals surface area contributed by atoms with Gasteiger partial charge in [0, 0.05) is 19.0 Å². The number of nitrogens with zero attached hydrogens (tertiary/aromatic N) is 1. The number of carbonyl (C=O) groups is 2. The van der Waals surface area contributed by atoms with E-state index in [1.165, 1.54) is 23.1 Å². The Labute approximate surface area is 144 Å². The van der Waals surface area contributed by atoms with E-state index in [9.17, 15) is 19.1 Å². The van der Waals surface area contributed by atoms with E-state index in [1.54, 1.807) is 37.4 Å². The molecule has 0 spiro atoms. The molecule has 0 saturated carbocycles. The molecule has 1 heterocycles. The van der Waals surface area contributed by atoms with Crippen molar-refractivity contribution < 1.29 is 23.8 Å². The Morgan fingerprint density at radius 1 is 1.12 bits per heavy atom. The fraction of sp³-hybridized carbons (Fsp3) is 0.263. The summed E-state index contributed by atoms with van der Waals surface area (Å²) in [4.78, 5) is 25.6. The van der Waals surface area contributed by atoms with Gasteiger partial charge in [-0.25, -0.2) is 4.39 Å². The Bertz CT molecular complexity index is 790. The summed E-state index contributed by atoms with van der Waals surface area (Å²) in [5.74, 6) is -2.46. The lowest BCUT2D eigenvalue weighted by Crippen LogP contribution is -2.30. The Kier molecular flexibility index (Phi) is 4.70. The fourth-order valence-electron chi connectivity index (χ4n) is 3.21. The number of hydrogen-bond acceptors (Lipinski definition) is 3. The highest BCUT2D eigenvalue weighted by Gasteiger charge is 2.41. The quantitative estimate of drug-likeness (QED) is 0.927. The standard InChI is InChI=1S/C19H18FNO4/c1-25-13-8-6-12(7-9-13)15-10-21(11-16(15)19(23)24)18(22)14-4-2-3-5-17(14)20/h2-9,15-16H,10-11H2,1H3,(H,23,24)/t15-,16+/m0/s1. The zero-order valence-corrected chi connectivity index (χ0v) is 13.7. The number of halogens is 1. The third-order valence-electron chi connectivity index (χ3n) is 4.57. The summed E-state index contributed by atoms with van der Waals surface area (Å²) in [5, 5.41) is 9.53. The Balaban J connectivity index is 1.86. The Hall–Kier alpha value is -2.89. The lowest BCUT2D eigenvalue weighted by atomic mass is 9.89. The van der Waals surface area contributed by atoms with Gasteiger partial charge >= 0.3 is 5.97 Å². The van der Waals surface area contributed by atoms with Crippen molar-refractivity contribution in [1.82, 2.24) is 4.90 Å². The number of amides is 1. The van der Waals surface area contributed by atoms with Gasteiger partial charge in [0.1, 0.15) is 11.6 Å². The van der Waals surface area contributed by atoms with Gasteiger partial charge in [0.25, 0.3) is 5.91 Å². The third kappa shape index (κ3) is 3.33. The van der Waals surface area contributed by atoms with Crippen LogP contribution >= 0.6 is 0 Å². The molecule has 1 amide bonds. The molecule has 1 aliphatic rings. The summed E-state index contributed by atoms with van der Waals surface area (Å²) in [7, 11) is 1.55. The van der Waals surface area contributed by atoms with Crippen molar-refractivity contribution in [2.75, 3.05) is 20.2 Å². The van der Waals surface area contributed by atoms with Crippen LogP contribution in [0.1, 0.15) is 21.8 Å². The molecule has 2 aromatic rings. The van der Waals surface area contributed by atoms with E-state index in [4.69, 9.17) is 4.74 Å². The number of carboxylic acid groups (broad SMARTS) is 1. The second-order valence-electron chi connectivity index (χ2n) is 6.01. The summed E-state index contributed by atoms with van der Waals surface area (Å²) < 4.78 is 19.0.